The highest BCUT2D eigenvalue weighted by Crippen LogP contribution is 2.47. The highest BCUT2D eigenvalue weighted by Gasteiger charge is 2.52. The molecular weight excluding hydrogens is 381 g/mol. The summed E-state index contributed by atoms with van der Waals surface area (Å²) >= 11 is 0. The van der Waals surface area contributed by atoms with Crippen molar-refractivity contribution in [2.24, 2.45) is 11.3 Å². The van der Waals surface area contributed by atoms with Crippen molar-refractivity contribution in [3.05, 3.63) is 35.6 Å². The van der Waals surface area contributed by atoms with E-state index in [0.29, 0.717) is 30.5 Å². The molecule has 1 aromatic rings. The fraction of sp³-hybridized carbons (Fsp3) is 0.708. The normalized spacial score (nSPS) is 30.6. The monoisotopic (exact) mass is 417 g/mol. The molecule has 1 aliphatic carbocycles. The Kier molecular flexibility index (Phi) is 7.06. The van der Waals surface area contributed by atoms with Gasteiger partial charge in [0.15, 0.2) is 0 Å². The van der Waals surface area contributed by atoms with E-state index in [-0.39, 0.29) is 17.1 Å². The van der Waals surface area contributed by atoms with Gasteiger partial charge in [-0.05, 0) is 62.7 Å². The average molecular weight is 418 g/mol. The van der Waals surface area contributed by atoms with Gasteiger partial charge < -0.3 is 15.0 Å². The first kappa shape index (κ1) is 21.7. The molecule has 1 saturated carbocycles. The summed E-state index contributed by atoms with van der Waals surface area (Å²) in [5.41, 5.74) is 0.369. The fourth-order valence-electron chi connectivity index (χ4n) is 5.82. The summed E-state index contributed by atoms with van der Waals surface area (Å²) in [6.07, 6.45) is 4.76. The van der Waals surface area contributed by atoms with Crippen molar-refractivity contribution < 1.29 is 13.9 Å². The highest BCUT2D eigenvalue weighted by molar-refractivity contribution is 5.83. The second kappa shape index (κ2) is 9.75. The molecule has 2 heterocycles. The van der Waals surface area contributed by atoms with Gasteiger partial charge >= 0.3 is 0 Å². The Hall–Kier alpha value is -1.50. The van der Waals surface area contributed by atoms with Crippen LogP contribution in [-0.4, -0.2) is 74.2 Å². The Balaban J connectivity index is 1.42. The number of likely N-dealkylation sites (tertiary alicyclic amines) is 1. The van der Waals surface area contributed by atoms with E-state index in [1.165, 1.54) is 6.07 Å². The maximum Gasteiger partial charge on any atom is 0.227 e. The van der Waals surface area contributed by atoms with Crippen molar-refractivity contribution in [1.29, 1.82) is 0 Å². The van der Waals surface area contributed by atoms with E-state index in [1.54, 1.807) is 12.1 Å². The number of carbonyl (C=O) groups is 1. The van der Waals surface area contributed by atoms with Gasteiger partial charge in [-0.15, -0.1) is 0 Å². The van der Waals surface area contributed by atoms with Gasteiger partial charge in [-0.2, -0.15) is 0 Å². The molecule has 5 nitrogen and oxygen atoms in total. The third-order valence-corrected chi connectivity index (χ3v) is 7.66. The summed E-state index contributed by atoms with van der Waals surface area (Å²) in [6, 6.07) is 7.41. The van der Waals surface area contributed by atoms with Crippen LogP contribution in [0.25, 0.3) is 0 Å². The first-order chi connectivity index (χ1) is 14.6. The minimum absolute atomic E-state index is 0.183. The van der Waals surface area contributed by atoms with Gasteiger partial charge in [-0.3, -0.25) is 9.69 Å². The van der Waals surface area contributed by atoms with E-state index in [2.05, 4.69) is 22.0 Å². The number of nitrogens with zero attached hydrogens (tertiary/aromatic N) is 2. The Morgan fingerprint density at radius 1 is 1.23 bits per heavy atom. The summed E-state index contributed by atoms with van der Waals surface area (Å²) in [7, 11) is 0. The largest absolute Gasteiger partial charge is 0.379 e. The van der Waals surface area contributed by atoms with E-state index in [9.17, 15) is 9.18 Å². The molecule has 0 aromatic heterocycles. The number of rotatable bonds is 6. The SMILES string of the molecule is CCN1CC[C@@H]2C[C@@H](N3CCOCC3)CC[C@@]2(C(=O)NCCc2ccccc2F)C1. The van der Waals surface area contributed by atoms with Crippen molar-refractivity contribution in [2.45, 2.75) is 45.1 Å². The minimum Gasteiger partial charge on any atom is -0.379 e. The number of halogens is 1. The molecule has 3 fully saturated rings. The van der Waals surface area contributed by atoms with Crippen LogP contribution >= 0.6 is 0 Å². The first-order valence-electron chi connectivity index (χ1n) is 11.7. The zero-order valence-electron chi connectivity index (χ0n) is 18.2. The highest BCUT2D eigenvalue weighted by atomic mass is 19.1. The molecule has 4 rings (SSSR count). The molecule has 1 aromatic carbocycles. The molecule has 166 valence electrons. The van der Waals surface area contributed by atoms with E-state index < -0.39 is 0 Å². The summed E-state index contributed by atoms with van der Waals surface area (Å²) in [4.78, 5) is 18.5. The number of benzene rings is 1. The molecule has 2 saturated heterocycles. The van der Waals surface area contributed by atoms with Gasteiger partial charge in [0.05, 0.1) is 18.6 Å². The molecule has 6 heteroatoms. The van der Waals surface area contributed by atoms with Crippen molar-refractivity contribution in [1.82, 2.24) is 15.1 Å². The number of hydrogen-bond acceptors (Lipinski definition) is 4. The molecule has 2 aliphatic heterocycles. The number of amides is 1. The van der Waals surface area contributed by atoms with Crippen LogP contribution in [0.5, 0.6) is 0 Å². The average Bonchev–Trinajstić information content (AvgIpc) is 2.80. The molecule has 0 bridgehead atoms. The lowest BCUT2D eigenvalue weighted by atomic mass is 9.61. The molecule has 0 unspecified atom stereocenters. The predicted octanol–water partition coefficient (Wildman–Crippen LogP) is 2.70. The fourth-order valence-corrected chi connectivity index (χ4v) is 5.82. The standard InChI is InChI=1S/C24H36FN3O2/c1-2-27-12-9-20-17-21(28-13-15-30-16-14-28)7-10-24(20,18-27)23(29)26-11-8-19-5-3-4-6-22(19)25/h3-6,20-21H,2,7-18H2,1H3,(H,26,29)/t20-,21+,24-/m1/s1. The van der Waals surface area contributed by atoms with Gasteiger partial charge in [0.25, 0.3) is 0 Å². The van der Waals surface area contributed by atoms with E-state index in [4.69, 9.17) is 4.74 Å². The zero-order chi connectivity index (χ0) is 21.0. The molecule has 0 radical (unpaired) electrons. The van der Waals surface area contributed by atoms with Gasteiger partial charge in [0, 0.05) is 32.2 Å². The van der Waals surface area contributed by atoms with Gasteiger partial charge in [0.1, 0.15) is 5.82 Å². The minimum atomic E-state index is -0.299. The Bertz CT molecular complexity index is 724. The maximum absolute atomic E-state index is 13.9. The number of fused-ring (bicyclic) bond motifs is 1. The second-order valence-corrected chi connectivity index (χ2v) is 9.18. The smallest absolute Gasteiger partial charge is 0.227 e. The predicted molar refractivity (Wildman–Crippen MR) is 116 cm³/mol. The van der Waals surface area contributed by atoms with Crippen LogP contribution in [-0.2, 0) is 16.0 Å². The van der Waals surface area contributed by atoms with Crippen LogP contribution < -0.4 is 5.32 Å². The van der Waals surface area contributed by atoms with Crippen molar-refractivity contribution >= 4 is 5.91 Å². The lowest BCUT2D eigenvalue weighted by Gasteiger charge is -2.53. The number of hydrogen-bond donors (Lipinski definition) is 1. The topological polar surface area (TPSA) is 44.8 Å². The summed E-state index contributed by atoms with van der Waals surface area (Å²) in [5, 5.41) is 3.19. The number of ether oxygens (including phenoxy) is 1. The van der Waals surface area contributed by atoms with Crippen LogP contribution in [0.15, 0.2) is 24.3 Å². The zero-order valence-corrected chi connectivity index (χ0v) is 18.2. The Labute approximate surface area is 179 Å². The number of nitrogens with one attached hydrogen (secondary N) is 1. The van der Waals surface area contributed by atoms with Gasteiger partial charge in [-0.25, -0.2) is 4.39 Å². The third kappa shape index (κ3) is 4.56. The van der Waals surface area contributed by atoms with Crippen molar-refractivity contribution in [2.75, 3.05) is 52.5 Å². The number of morpholine rings is 1. The van der Waals surface area contributed by atoms with Crippen molar-refractivity contribution in [3.63, 3.8) is 0 Å². The van der Waals surface area contributed by atoms with Crippen LogP contribution in [0.3, 0.4) is 0 Å². The van der Waals surface area contributed by atoms with E-state index in [1.807, 2.05) is 6.07 Å². The van der Waals surface area contributed by atoms with Gasteiger partial charge in [-0.1, -0.05) is 25.1 Å². The lowest BCUT2D eigenvalue weighted by Crippen LogP contribution is -2.61. The first-order valence-corrected chi connectivity index (χ1v) is 11.7. The summed E-state index contributed by atoms with van der Waals surface area (Å²) in [6.45, 7) is 9.29. The molecule has 3 aliphatic rings. The molecule has 1 N–H and O–H groups in total. The summed E-state index contributed by atoms with van der Waals surface area (Å²) < 4.78 is 19.5. The van der Waals surface area contributed by atoms with Crippen LogP contribution in [0.2, 0.25) is 0 Å². The van der Waals surface area contributed by atoms with Crippen LogP contribution in [0.4, 0.5) is 4.39 Å². The number of piperidine rings is 1. The molecule has 1 amide bonds. The Morgan fingerprint density at radius 3 is 2.80 bits per heavy atom. The van der Waals surface area contributed by atoms with Crippen molar-refractivity contribution in [3.8, 4) is 0 Å². The maximum atomic E-state index is 13.9. The second-order valence-electron chi connectivity index (χ2n) is 9.18. The molecular formula is C24H36FN3O2. The van der Waals surface area contributed by atoms with Crippen LogP contribution in [0.1, 0.15) is 38.2 Å². The van der Waals surface area contributed by atoms with Crippen LogP contribution in [0, 0.1) is 17.2 Å². The lowest BCUT2D eigenvalue weighted by molar-refractivity contribution is -0.144. The van der Waals surface area contributed by atoms with Gasteiger partial charge in [0.2, 0.25) is 5.91 Å². The molecule has 3 atom stereocenters. The molecule has 0 spiro atoms. The quantitative estimate of drug-likeness (QED) is 0.773. The van der Waals surface area contributed by atoms with E-state index >= 15 is 0 Å². The summed E-state index contributed by atoms with van der Waals surface area (Å²) in [5.74, 6) is 0.418. The third-order valence-electron chi connectivity index (χ3n) is 7.66. The number of carbonyl (C=O) groups excluding carboxylic acids is 1. The van der Waals surface area contributed by atoms with E-state index in [0.717, 1.165) is 71.6 Å². The molecule has 30 heavy (non-hydrogen) atoms. The Morgan fingerprint density at radius 2 is 2.03 bits per heavy atom.